The Morgan fingerprint density at radius 3 is 1.72 bits per heavy atom. The van der Waals surface area contributed by atoms with Crippen LogP contribution in [-0.2, 0) is 5.41 Å². The summed E-state index contributed by atoms with van der Waals surface area (Å²) < 4.78 is 0. The molecule has 0 N–H and O–H groups in total. The van der Waals surface area contributed by atoms with E-state index in [-0.39, 0.29) is 5.41 Å². The SMILES string of the molecule is c1ccc(-c2ccc(N(c3ccccc3)c3cccc4c3-c3ccccc3C43C4CC5CC(C4)CC3C5)c(-c3ccccc3)c2)cc1. The highest BCUT2D eigenvalue weighted by molar-refractivity contribution is 5.98. The summed E-state index contributed by atoms with van der Waals surface area (Å²) in [7, 11) is 0. The summed E-state index contributed by atoms with van der Waals surface area (Å²) in [5, 5.41) is 0. The molecule has 47 heavy (non-hydrogen) atoms. The lowest BCUT2D eigenvalue weighted by Crippen LogP contribution is -2.55. The Labute approximate surface area is 278 Å². The number of hydrogen-bond donors (Lipinski definition) is 0. The lowest BCUT2D eigenvalue weighted by atomic mass is 9.43. The van der Waals surface area contributed by atoms with E-state index in [1.54, 1.807) is 11.1 Å². The molecule has 228 valence electrons. The molecular formula is C46H39N. The van der Waals surface area contributed by atoms with E-state index in [1.807, 2.05) is 0 Å². The van der Waals surface area contributed by atoms with Crippen molar-refractivity contribution in [2.75, 3.05) is 4.90 Å². The van der Waals surface area contributed by atoms with E-state index in [0.717, 1.165) is 23.7 Å². The quantitative estimate of drug-likeness (QED) is 0.189. The number of nitrogens with zero attached hydrogens (tertiary/aromatic N) is 1. The maximum Gasteiger partial charge on any atom is 0.0543 e. The summed E-state index contributed by atoms with van der Waals surface area (Å²) in [5.74, 6) is 3.35. The molecule has 0 radical (unpaired) electrons. The van der Waals surface area contributed by atoms with Crippen LogP contribution in [0.25, 0.3) is 33.4 Å². The minimum atomic E-state index is 0.136. The largest absolute Gasteiger partial charge is 0.309 e. The number of para-hydroxylation sites is 1. The third-order valence-electron chi connectivity index (χ3n) is 12.2. The Bertz CT molecular complexity index is 2070. The Morgan fingerprint density at radius 2 is 1.02 bits per heavy atom. The molecule has 6 aromatic carbocycles. The van der Waals surface area contributed by atoms with Gasteiger partial charge in [-0.2, -0.15) is 0 Å². The molecule has 0 atom stereocenters. The lowest BCUT2D eigenvalue weighted by Gasteiger charge is -2.61. The number of anilines is 3. The number of rotatable bonds is 5. The van der Waals surface area contributed by atoms with Crippen molar-refractivity contribution >= 4 is 17.1 Å². The third-order valence-corrected chi connectivity index (χ3v) is 12.2. The van der Waals surface area contributed by atoms with Crippen LogP contribution in [0.2, 0.25) is 0 Å². The summed E-state index contributed by atoms with van der Waals surface area (Å²) in [6.07, 6.45) is 7.05. The molecule has 4 bridgehead atoms. The summed E-state index contributed by atoms with van der Waals surface area (Å²) in [5.41, 5.74) is 14.9. The van der Waals surface area contributed by atoms with Crippen LogP contribution in [0.15, 0.2) is 152 Å². The highest BCUT2D eigenvalue weighted by Crippen LogP contribution is 2.70. The molecule has 4 fully saturated rings. The average molecular weight is 606 g/mol. The Balaban J connectivity index is 1.24. The van der Waals surface area contributed by atoms with Gasteiger partial charge in [-0.15, -0.1) is 0 Å². The van der Waals surface area contributed by atoms with Gasteiger partial charge in [0.15, 0.2) is 0 Å². The lowest BCUT2D eigenvalue weighted by molar-refractivity contribution is -0.0399. The van der Waals surface area contributed by atoms with Gasteiger partial charge in [-0.25, -0.2) is 0 Å². The molecule has 0 saturated heterocycles. The van der Waals surface area contributed by atoms with Crippen molar-refractivity contribution in [2.24, 2.45) is 23.7 Å². The predicted molar refractivity (Wildman–Crippen MR) is 195 cm³/mol. The van der Waals surface area contributed by atoms with Crippen LogP contribution in [0.5, 0.6) is 0 Å². The van der Waals surface area contributed by atoms with Gasteiger partial charge in [0.2, 0.25) is 0 Å². The fraction of sp³-hybridized carbons (Fsp3) is 0.217. The number of hydrogen-bond acceptors (Lipinski definition) is 1. The first-order chi connectivity index (χ1) is 23.3. The molecule has 0 aromatic heterocycles. The van der Waals surface area contributed by atoms with E-state index >= 15 is 0 Å². The molecule has 0 heterocycles. The molecule has 11 rings (SSSR count). The van der Waals surface area contributed by atoms with Crippen LogP contribution in [0.3, 0.4) is 0 Å². The number of fused-ring (bicyclic) bond motifs is 3. The van der Waals surface area contributed by atoms with Crippen molar-refractivity contribution in [3.8, 4) is 33.4 Å². The first-order valence-electron chi connectivity index (χ1n) is 17.6. The van der Waals surface area contributed by atoms with E-state index < -0.39 is 0 Å². The minimum absolute atomic E-state index is 0.136. The van der Waals surface area contributed by atoms with Crippen molar-refractivity contribution in [1.29, 1.82) is 0 Å². The van der Waals surface area contributed by atoms with Gasteiger partial charge < -0.3 is 4.90 Å². The predicted octanol–water partition coefficient (Wildman–Crippen LogP) is 12.2. The second-order valence-electron chi connectivity index (χ2n) is 14.6. The Kier molecular flexibility index (Phi) is 6.13. The fourth-order valence-electron chi connectivity index (χ4n) is 10.7. The third kappa shape index (κ3) is 4.02. The van der Waals surface area contributed by atoms with Gasteiger partial charge in [0.1, 0.15) is 0 Å². The van der Waals surface area contributed by atoms with Gasteiger partial charge in [0, 0.05) is 22.2 Å². The second-order valence-corrected chi connectivity index (χ2v) is 14.6. The first-order valence-corrected chi connectivity index (χ1v) is 17.6. The minimum Gasteiger partial charge on any atom is -0.309 e. The van der Waals surface area contributed by atoms with Crippen LogP contribution < -0.4 is 4.90 Å². The zero-order valence-corrected chi connectivity index (χ0v) is 26.7. The standard InChI is InChI=1S/C46H39N/c1-4-13-33(14-5-1)35-23-24-43(40(30-35)34-15-6-2-7-16-34)47(38-17-8-3-9-18-38)44-22-12-21-42-45(44)39-19-10-11-20-41(39)46(42)36-26-31-25-32(28-36)29-37(46)27-31/h1-24,30-32,36-37H,25-29H2. The van der Waals surface area contributed by atoms with Gasteiger partial charge in [-0.05, 0) is 119 Å². The maximum absolute atomic E-state index is 2.56. The molecule has 1 nitrogen and oxygen atoms in total. The van der Waals surface area contributed by atoms with Crippen LogP contribution in [0, 0.1) is 23.7 Å². The van der Waals surface area contributed by atoms with E-state index in [2.05, 4.69) is 157 Å². The summed E-state index contributed by atoms with van der Waals surface area (Å²) >= 11 is 0. The van der Waals surface area contributed by atoms with Crippen LogP contribution in [0.1, 0.15) is 43.2 Å². The summed E-state index contributed by atoms with van der Waals surface area (Å²) in [6, 6.07) is 56.6. The van der Waals surface area contributed by atoms with Crippen molar-refractivity contribution in [1.82, 2.24) is 0 Å². The van der Waals surface area contributed by atoms with E-state index in [9.17, 15) is 0 Å². The van der Waals surface area contributed by atoms with Gasteiger partial charge in [-0.3, -0.25) is 0 Å². The number of benzene rings is 6. The molecule has 0 amide bonds. The van der Waals surface area contributed by atoms with Gasteiger partial charge in [-0.1, -0.05) is 121 Å². The average Bonchev–Trinajstić information content (AvgIpc) is 3.43. The summed E-state index contributed by atoms with van der Waals surface area (Å²) in [4.78, 5) is 2.56. The molecule has 5 aliphatic rings. The first kappa shape index (κ1) is 27.3. The van der Waals surface area contributed by atoms with Crippen LogP contribution >= 0.6 is 0 Å². The second kappa shape index (κ2) is 10.6. The molecule has 0 aliphatic heterocycles. The maximum atomic E-state index is 2.56. The normalized spacial score (nSPS) is 24.7. The van der Waals surface area contributed by atoms with Gasteiger partial charge >= 0.3 is 0 Å². The zero-order chi connectivity index (χ0) is 31.0. The Morgan fingerprint density at radius 1 is 0.426 bits per heavy atom. The fourth-order valence-corrected chi connectivity index (χ4v) is 10.7. The van der Waals surface area contributed by atoms with Crippen molar-refractivity contribution in [3.05, 3.63) is 163 Å². The Hall–Kier alpha value is -4.88. The highest BCUT2D eigenvalue weighted by Gasteiger charge is 2.61. The monoisotopic (exact) mass is 605 g/mol. The van der Waals surface area contributed by atoms with E-state index in [4.69, 9.17) is 0 Å². The smallest absolute Gasteiger partial charge is 0.0543 e. The molecule has 4 saturated carbocycles. The van der Waals surface area contributed by atoms with Crippen LogP contribution in [-0.4, -0.2) is 0 Å². The van der Waals surface area contributed by atoms with Crippen molar-refractivity contribution < 1.29 is 0 Å². The van der Waals surface area contributed by atoms with Crippen molar-refractivity contribution in [2.45, 2.75) is 37.5 Å². The highest BCUT2D eigenvalue weighted by atomic mass is 15.1. The molecule has 0 unspecified atom stereocenters. The molecule has 1 heteroatoms. The molecule has 6 aromatic rings. The van der Waals surface area contributed by atoms with E-state index in [0.29, 0.717) is 0 Å². The topological polar surface area (TPSA) is 3.24 Å². The zero-order valence-electron chi connectivity index (χ0n) is 26.7. The van der Waals surface area contributed by atoms with Crippen LogP contribution in [0.4, 0.5) is 17.1 Å². The van der Waals surface area contributed by atoms with Gasteiger partial charge in [0.25, 0.3) is 0 Å². The van der Waals surface area contributed by atoms with E-state index in [1.165, 1.54) is 82.5 Å². The molecule has 1 spiro atoms. The van der Waals surface area contributed by atoms with Gasteiger partial charge in [0.05, 0.1) is 11.4 Å². The molecular weight excluding hydrogens is 567 g/mol. The van der Waals surface area contributed by atoms with Crippen molar-refractivity contribution in [3.63, 3.8) is 0 Å². The molecule has 5 aliphatic carbocycles. The summed E-state index contributed by atoms with van der Waals surface area (Å²) in [6.45, 7) is 0.